The first-order valence-electron chi connectivity index (χ1n) is 2.40. The van der Waals surface area contributed by atoms with Crippen LogP contribution in [0.5, 0.6) is 0 Å². The van der Waals surface area contributed by atoms with E-state index in [1.807, 2.05) is 11.9 Å². The molecule has 0 unspecified atom stereocenters. The van der Waals surface area contributed by atoms with Crippen LogP contribution in [0.3, 0.4) is 0 Å². The summed E-state index contributed by atoms with van der Waals surface area (Å²) in [7, 11) is 1.92. The Labute approximate surface area is 1330 Å². The Bertz CT molecular complexity index is 67.8. The van der Waals surface area contributed by atoms with Crippen LogP contribution >= 0.6 is 0 Å². The first-order valence-corrected chi connectivity index (χ1v) is 2.40. The number of nitrogens with zero attached hydrogens (tertiary/aromatic N) is 1. The van der Waals surface area contributed by atoms with Gasteiger partial charge in [0, 0.05) is 1350 Å². The van der Waals surface area contributed by atoms with Crippen molar-refractivity contribution in [3.05, 3.63) is 6.92 Å². The number of rotatable bonds is 3. The van der Waals surface area contributed by atoms with E-state index in [-0.39, 0.29) is 1350 Å². The van der Waals surface area contributed by atoms with E-state index >= 15 is 0 Å². The fourth-order valence-corrected chi connectivity index (χ4v) is 0.283. The van der Waals surface area contributed by atoms with Crippen LogP contribution in [-0.2, 0) is 1340 Å². The summed E-state index contributed by atoms with van der Waals surface area (Å²) >= 11 is 0. The van der Waals surface area contributed by atoms with Crippen LogP contribution in [0.4, 0.5) is 0 Å². The van der Waals surface area contributed by atoms with Crippen molar-refractivity contribution in [2.24, 2.45) is 0 Å². The van der Waals surface area contributed by atoms with E-state index in [0.29, 0.717) is 0 Å². The topological polar surface area (TPSA) is 23.5 Å². The van der Waals surface area contributed by atoms with Crippen LogP contribution in [0.15, 0.2) is 0 Å². The van der Waals surface area contributed by atoms with Gasteiger partial charge in [-0.25, -0.2) is 0 Å². The molecular formula is C5H12NOY41-. The van der Waals surface area contributed by atoms with Gasteiger partial charge in [0.1, 0.15) is 0 Å². The van der Waals surface area contributed by atoms with Crippen molar-refractivity contribution in [2.45, 2.75) is 0 Å². The second-order valence-corrected chi connectivity index (χ2v) is 1.53. The van der Waals surface area contributed by atoms with Crippen molar-refractivity contribution < 1.29 is 1350 Å². The molecular weight excluding hydrogens is 3740 g/mol. The molecule has 41 radical (unpaired) electrons. The van der Waals surface area contributed by atoms with Gasteiger partial charge < -0.3 is 16.9 Å². The van der Waals surface area contributed by atoms with Gasteiger partial charge in [-0.05, 0) is 7.05 Å². The zero-order valence-corrected chi connectivity index (χ0v) is 145. The first-order chi connectivity index (χ1) is 3.31. The summed E-state index contributed by atoms with van der Waals surface area (Å²) in [6.07, 6.45) is 0. The molecule has 167 valence electrons. The fraction of sp³-hybridized carbons (Fsp3) is 0.800. The van der Waals surface area contributed by atoms with E-state index in [9.17, 15) is 0 Å². The third kappa shape index (κ3) is 294. The van der Waals surface area contributed by atoms with Gasteiger partial charge in [-0.2, -0.15) is 0 Å². The predicted octanol–water partition coefficient (Wildman–Crippen LogP) is -0.358. The predicted molar refractivity (Wildman–Crippen MR) is 29.9 cm³/mol. The molecule has 0 aromatic heterocycles. The van der Waals surface area contributed by atoms with Crippen LogP contribution in [0, 0.1) is 6.92 Å². The van der Waals surface area contributed by atoms with Crippen LogP contribution in [0.1, 0.15) is 0 Å². The maximum Gasteiger partial charge on any atom is 0.0557 e. The van der Waals surface area contributed by atoms with E-state index in [4.69, 9.17) is 5.11 Å². The Balaban J connectivity index is -0.000000000220. The Hall–Kier alpha value is 45.2. The van der Waals surface area contributed by atoms with E-state index in [1.54, 1.807) is 0 Å². The third-order valence-corrected chi connectivity index (χ3v) is 0.863. The molecule has 0 aliphatic heterocycles. The fourth-order valence-electron chi connectivity index (χ4n) is 0.283. The Kier molecular flexibility index (Phi) is 1840. The quantitative estimate of drug-likeness (QED) is 0.392. The van der Waals surface area contributed by atoms with Crippen LogP contribution in [0.2, 0.25) is 0 Å². The summed E-state index contributed by atoms with van der Waals surface area (Å²) in [4.78, 5) is 1.94. The smallest absolute Gasteiger partial charge is 0.0557 e. The molecule has 43 heteroatoms. The molecule has 0 amide bonds. The Morgan fingerprint density at radius 1 is 0.271 bits per heavy atom. The second kappa shape index (κ2) is 293. The SMILES string of the molecule is [CH2-]CN(C)CCO.[Y].[Y].[Y].[Y].[Y].[Y].[Y].[Y].[Y].[Y].[Y].[Y].[Y].[Y].[Y].[Y].[Y].[Y].[Y].[Y].[Y].[Y].[Y].[Y].[Y].[Y].[Y].[Y].[Y].[Y].[Y].[Y].[Y].[Y].[Y].[Y].[Y].[Y].[Y].[Y].[Y]. The summed E-state index contributed by atoms with van der Waals surface area (Å²) in [6.45, 7) is 5.34. The van der Waals surface area contributed by atoms with Gasteiger partial charge in [-0.3, -0.25) is 0 Å². The van der Waals surface area contributed by atoms with Gasteiger partial charge in [0.05, 0.1) is 6.61 Å². The number of aliphatic hydroxyl groups excluding tert-OH is 1. The first kappa shape index (κ1) is 302. The van der Waals surface area contributed by atoms with Crippen molar-refractivity contribution in [2.75, 3.05) is 26.7 Å². The van der Waals surface area contributed by atoms with E-state index in [0.717, 1.165) is 13.1 Å². The summed E-state index contributed by atoms with van der Waals surface area (Å²) in [5, 5.41) is 8.30. The number of hydrogen-bond acceptors (Lipinski definition) is 2. The minimum atomic E-state index is 0. The van der Waals surface area contributed by atoms with Gasteiger partial charge in [0.15, 0.2) is 0 Å². The average Bonchev–Trinajstić information content (AvgIpc) is 1.68. The number of hydrogen-bond donors (Lipinski definition) is 1. The minimum Gasteiger partial charge on any atom is -0.395 e. The van der Waals surface area contributed by atoms with Crippen LogP contribution in [0.25, 0.3) is 0 Å². The normalized spacial score (nSPS) is 1.50. The molecule has 0 spiro atoms. The van der Waals surface area contributed by atoms with Crippen molar-refractivity contribution in [3.63, 3.8) is 0 Å². The van der Waals surface area contributed by atoms with Gasteiger partial charge in [-0.15, -0.1) is 6.54 Å². The molecule has 0 fully saturated rings. The van der Waals surface area contributed by atoms with E-state index in [2.05, 4.69) is 6.92 Å². The van der Waals surface area contributed by atoms with Crippen molar-refractivity contribution >= 4 is 0 Å². The Morgan fingerprint density at radius 3 is 0.375 bits per heavy atom. The molecule has 0 rings (SSSR count). The van der Waals surface area contributed by atoms with Crippen molar-refractivity contribution in [1.29, 1.82) is 0 Å². The molecule has 1 N–H and O–H groups in total. The summed E-state index contributed by atoms with van der Waals surface area (Å²) in [5.74, 6) is 0. The molecule has 0 aliphatic carbocycles. The van der Waals surface area contributed by atoms with Gasteiger partial charge >= 0.3 is 0 Å². The standard InChI is InChI=1S/C5H12NO.41Y/c1-3-6(2)4-5-7;;;;;;;;;;;;;;;;;;;;;;;;;;;;;;;;;;;;;;;;;/h7H,1,3-5H2,2H3;;;;;;;;;;;;;;;;;;;;;;;;;;;;;;;;;;;;;;;;;/q-1;;;;;;;;;;;;;;;;;;;;;;;;;;;;;;;;;;;;;;;;;. The summed E-state index contributed by atoms with van der Waals surface area (Å²) in [6, 6.07) is 0. The minimum absolute atomic E-state index is 0. The van der Waals surface area contributed by atoms with Gasteiger partial charge in [0.25, 0.3) is 0 Å². The summed E-state index contributed by atoms with van der Waals surface area (Å²) in [5.41, 5.74) is 0. The third-order valence-electron chi connectivity index (χ3n) is 0.863. The maximum absolute atomic E-state index is 8.30. The van der Waals surface area contributed by atoms with Gasteiger partial charge in [-0.1, -0.05) is 0 Å². The monoisotopic (exact) mass is 3750 g/mol. The molecule has 2 nitrogen and oxygen atoms in total. The van der Waals surface area contributed by atoms with E-state index in [1.165, 1.54) is 0 Å². The molecule has 0 saturated heterocycles. The molecule has 0 aliphatic rings. The molecule has 0 heterocycles. The van der Waals surface area contributed by atoms with Gasteiger partial charge in [0.2, 0.25) is 0 Å². The van der Waals surface area contributed by atoms with Crippen LogP contribution in [-0.4, -0.2) is 36.8 Å². The molecule has 0 atom stereocenters. The molecule has 0 saturated carbocycles. The zero-order valence-electron chi connectivity index (χ0n) is 28.4. The zero-order chi connectivity index (χ0) is 5.70. The molecule has 0 aromatic carbocycles. The Morgan fingerprint density at radius 2 is 0.354 bits per heavy atom. The molecule has 0 aromatic rings. The number of aliphatic hydroxyl groups is 1. The maximum atomic E-state index is 8.30. The number of likely N-dealkylation sites (N-methyl/N-ethyl adjacent to an activating group) is 1. The van der Waals surface area contributed by atoms with Crippen molar-refractivity contribution in [3.8, 4) is 0 Å². The molecule has 48 heavy (non-hydrogen) atoms. The molecule has 0 bridgehead atoms. The van der Waals surface area contributed by atoms with Crippen molar-refractivity contribution in [1.82, 2.24) is 4.90 Å². The van der Waals surface area contributed by atoms with E-state index < -0.39 is 0 Å². The second-order valence-electron chi connectivity index (χ2n) is 1.53. The largest absolute Gasteiger partial charge is 0.395 e. The average molecular weight is 3750 g/mol. The summed E-state index contributed by atoms with van der Waals surface area (Å²) < 4.78 is 0. The van der Waals surface area contributed by atoms with Crippen LogP contribution < -0.4 is 0 Å².